The molecule has 1 N–H and O–H groups in total. The maximum absolute atomic E-state index is 12.2. The predicted octanol–water partition coefficient (Wildman–Crippen LogP) is 2.16. The molecule has 0 amide bonds. The molecule has 0 rings (SSSR count). The van der Waals surface area contributed by atoms with Gasteiger partial charge in [-0.2, -0.15) is 0 Å². The van der Waals surface area contributed by atoms with Gasteiger partial charge < -0.3 is 23.8 Å². The second-order valence-electron chi connectivity index (χ2n) is 8.08. The summed E-state index contributed by atoms with van der Waals surface area (Å²) in [5, 5.41) is 0. The van der Waals surface area contributed by atoms with Crippen molar-refractivity contribution in [1.29, 1.82) is 0 Å². The highest BCUT2D eigenvalue weighted by atomic mass is 31.2. The van der Waals surface area contributed by atoms with Gasteiger partial charge in [-0.3, -0.25) is 28.2 Å². The van der Waals surface area contributed by atoms with E-state index in [1.54, 1.807) is 13.8 Å². The van der Waals surface area contributed by atoms with Crippen molar-refractivity contribution in [3.8, 4) is 0 Å². The highest BCUT2D eigenvalue weighted by molar-refractivity contribution is 7.47. The molecule has 0 aliphatic rings. The summed E-state index contributed by atoms with van der Waals surface area (Å²) in [4.78, 5) is 55.8. The molecule has 0 radical (unpaired) electrons. The summed E-state index contributed by atoms with van der Waals surface area (Å²) in [5.74, 6) is -2.42. The van der Waals surface area contributed by atoms with Gasteiger partial charge in [-0.25, -0.2) is 4.57 Å². The molecular weight excluding hydrogens is 463 g/mol. The first kappa shape index (κ1) is 31.0. The van der Waals surface area contributed by atoms with Crippen LogP contribution in [0.5, 0.6) is 0 Å². The van der Waals surface area contributed by atoms with Crippen molar-refractivity contribution < 1.29 is 56.6 Å². The third kappa shape index (κ3) is 18.1. The minimum atomic E-state index is -4.70. The summed E-state index contributed by atoms with van der Waals surface area (Å²) in [6.07, 6.45) is -2.06. The van der Waals surface area contributed by atoms with Crippen molar-refractivity contribution in [1.82, 2.24) is 0 Å². The molecule has 0 aromatic heterocycles. The van der Waals surface area contributed by atoms with E-state index in [1.807, 2.05) is 13.8 Å². The summed E-state index contributed by atoms with van der Waals surface area (Å²) in [6, 6.07) is 0. The van der Waals surface area contributed by atoms with Gasteiger partial charge in [0.2, 0.25) is 0 Å². The fourth-order valence-electron chi connectivity index (χ4n) is 2.21. The number of hydrogen-bond acceptors (Lipinski definition) is 11. The van der Waals surface area contributed by atoms with Gasteiger partial charge >= 0.3 is 31.7 Å². The first-order valence-corrected chi connectivity index (χ1v) is 12.0. The molecule has 33 heavy (non-hydrogen) atoms. The van der Waals surface area contributed by atoms with Crippen LogP contribution >= 0.6 is 7.82 Å². The molecule has 0 aromatic rings. The Hall–Kier alpha value is -2.01. The first-order chi connectivity index (χ1) is 15.2. The largest absolute Gasteiger partial charge is 0.472 e. The Bertz CT molecular complexity index is 691. The van der Waals surface area contributed by atoms with Crippen LogP contribution in [0.3, 0.4) is 0 Å². The Morgan fingerprint density at radius 2 is 1.15 bits per heavy atom. The van der Waals surface area contributed by atoms with Crippen LogP contribution in [0.1, 0.15) is 54.4 Å². The van der Waals surface area contributed by atoms with Crippen LogP contribution in [0, 0.1) is 11.8 Å². The van der Waals surface area contributed by atoms with Crippen molar-refractivity contribution >= 4 is 31.7 Å². The third-order valence-corrected chi connectivity index (χ3v) is 4.48. The van der Waals surface area contributed by atoms with Gasteiger partial charge in [0, 0.05) is 26.7 Å². The minimum Gasteiger partial charge on any atom is -0.462 e. The second kappa shape index (κ2) is 15.8. The number of carbonyl (C=O) groups is 4. The van der Waals surface area contributed by atoms with Crippen LogP contribution in [0.4, 0.5) is 0 Å². The van der Waals surface area contributed by atoms with E-state index in [0.717, 1.165) is 13.8 Å². The van der Waals surface area contributed by atoms with Crippen LogP contribution in [0.25, 0.3) is 0 Å². The molecule has 12 nitrogen and oxygen atoms in total. The van der Waals surface area contributed by atoms with E-state index in [-0.39, 0.29) is 31.3 Å². The van der Waals surface area contributed by atoms with E-state index in [1.165, 1.54) is 0 Å². The van der Waals surface area contributed by atoms with Crippen molar-refractivity contribution in [3.05, 3.63) is 0 Å². The van der Waals surface area contributed by atoms with Gasteiger partial charge in [0.25, 0.3) is 0 Å². The van der Waals surface area contributed by atoms with Crippen LogP contribution < -0.4 is 0 Å². The average molecular weight is 498 g/mol. The molecule has 0 heterocycles. The van der Waals surface area contributed by atoms with E-state index in [4.69, 9.17) is 28.0 Å². The number of phosphoric acid groups is 1. The molecule has 3 atom stereocenters. The molecule has 0 aliphatic carbocycles. The van der Waals surface area contributed by atoms with Gasteiger partial charge in [-0.1, -0.05) is 27.7 Å². The van der Waals surface area contributed by atoms with Crippen LogP contribution in [-0.2, 0) is 51.7 Å². The van der Waals surface area contributed by atoms with Crippen molar-refractivity contribution in [3.63, 3.8) is 0 Å². The minimum absolute atomic E-state index is 0.00487. The zero-order valence-electron chi connectivity index (χ0n) is 19.9. The molecule has 0 bridgehead atoms. The molecule has 0 saturated carbocycles. The molecule has 0 aromatic carbocycles. The smallest absolute Gasteiger partial charge is 0.462 e. The molecule has 2 unspecified atom stereocenters. The Labute approximate surface area is 193 Å². The highest BCUT2D eigenvalue weighted by Crippen LogP contribution is 2.43. The lowest BCUT2D eigenvalue weighted by molar-refractivity contribution is -0.162. The first-order valence-electron chi connectivity index (χ1n) is 10.5. The van der Waals surface area contributed by atoms with Crippen LogP contribution in [-0.4, -0.2) is 67.4 Å². The Balaban J connectivity index is 4.94. The number of esters is 4. The Morgan fingerprint density at radius 1 is 0.697 bits per heavy atom. The summed E-state index contributed by atoms with van der Waals surface area (Å²) in [5.41, 5.74) is 0. The fraction of sp³-hybridized carbons (Fsp3) is 0.800. The molecular formula is C20H35O12P. The standard InChI is InChI=1S/C20H35O12P/c1-13(2)7-19(23)28-10-18(32-20(24)8-14(3)4)12-30-33(25,26)29-11-17(31-16(6)22)9-27-15(5)21/h13-14,17-18H,7-12H2,1-6H3,(H,25,26)/t17-,18?/m1/s1. The summed E-state index contributed by atoms with van der Waals surface area (Å²) < 4.78 is 41.7. The molecule has 13 heteroatoms. The van der Waals surface area contributed by atoms with E-state index in [9.17, 15) is 28.6 Å². The lowest BCUT2D eigenvalue weighted by Crippen LogP contribution is -2.31. The molecule has 0 spiro atoms. The van der Waals surface area contributed by atoms with Gasteiger partial charge in [0.15, 0.2) is 12.2 Å². The third-order valence-electron chi connectivity index (χ3n) is 3.53. The fourth-order valence-corrected chi connectivity index (χ4v) is 3.00. The number of hydrogen-bond donors (Lipinski definition) is 1. The number of ether oxygens (including phenoxy) is 4. The average Bonchev–Trinajstić information content (AvgIpc) is 2.64. The van der Waals surface area contributed by atoms with Crippen LogP contribution in [0.15, 0.2) is 0 Å². The van der Waals surface area contributed by atoms with Crippen molar-refractivity contribution in [2.45, 2.75) is 66.6 Å². The Kier molecular flexibility index (Phi) is 14.8. The maximum Gasteiger partial charge on any atom is 0.472 e. The summed E-state index contributed by atoms with van der Waals surface area (Å²) >= 11 is 0. The second-order valence-corrected chi connectivity index (χ2v) is 9.54. The number of phosphoric ester groups is 1. The van der Waals surface area contributed by atoms with E-state index < -0.39 is 63.7 Å². The molecule has 0 fully saturated rings. The SMILES string of the molecule is CC(=O)OC[C@H](COP(=O)(O)OCC(COC(=O)CC(C)C)OC(=O)CC(C)C)OC(C)=O. The normalized spacial score (nSPS) is 14.8. The van der Waals surface area contributed by atoms with Crippen molar-refractivity contribution in [2.24, 2.45) is 11.8 Å². The van der Waals surface area contributed by atoms with Gasteiger partial charge in [-0.15, -0.1) is 0 Å². The van der Waals surface area contributed by atoms with Gasteiger partial charge in [-0.05, 0) is 11.8 Å². The predicted molar refractivity (Wildman–Crippen MR) is 114 cm³/mol. The van der Waals surface area contributed by atoms with E-state index in [2.05, 4.69) is 0 Å². The maximum atomic E-state index is 12.2. The molecule has 192 valence electrons. The summed E-state index contributed by atoms with van der Waals surface area (Å²) in [7, 11) is -4.70. The Morgan fingerprint density at radius 3 is 1.61 bits per heavy atom. The van der Waals surface area contributed by atoms with Gasteiger partial charge in [0.1, 0.15) is 13.2 Å². The summed E-state index contributed by atoms with van der Waals surface area (Å²) in [6.45, 7) is 7.53. The molecule has 0 saturated heterocycles. The quantitative estimate of drug-likeness (QED) is 0.188. The van der Waals surface area contributed by atoms with Crippen molar-refractivity contribution in [2.75, 3.05) is 26.4 Å². The van der Waals surface area contributed by atoms with E-state index in [0.29, 0.717) is 0 Å². The molecule has 0 aliphatic heterocycles. The monoisotopic (exact) mass is 498 g/mol. The highest BCUT2D eigenvalue weighted by Gasteiger charge is 2.28. The lowest BCUT2D eigenvalue weighted by Gasteiger charge is -2.22. The van der Waals surface area contributed by atoms with Gasteiger partial charge in [0.05, 0.1) is 13.2 Å². The van der Waals surface area contributed by atoms with E-state index >= 15 is 0 Å². The topological polar surface area (TPSA) is 161 Å². The lowest BCUT2D eigenvalue weighted by atomic mass is 10.1. The zero-order chi connectivity index (χ0) is 25.6. The number of rotatable bonds is 16. The van der Waals surface area contributed by atoms with Crippen LogP contribution in [0.2, 0.25) is 0 Å². The zero-order valence-corrected chi connectivity index (χ0v) is 20.8. The number of carbonyl (C=O) groups excluding carboxylic acids is 4.